The van der Waals surface area contributed by atoms with E-state index in [2.05, 4.69) is 11.9 Å². The Labute approximate surface area is 117 Å². The second-order valence-corrected chi connectivity index (χ2v) is 6.02. The summed E-state index contributed by atoms with van der Waals surface area (Å²) < 4.78 is 21.6. The zero-order valence-electron chi connectivity index (χ0n) is 9.91. The number of benzene rings is 1. The number of imidazole rings is 1. The van der Waals surface area contributed by atoms with Crippen molar-refractivity contribution in [1.29, 1.82) is 0 Å². The summed E-state index contributed by atoms with van der Waals surface area (Å²) in [6, 6.07) is 3.22. The average Bonchev–Trinajstić information content (AvgIpc) is 2.84. The maximum atomic E-state index is 13.7. The van der Waals surface area contributed by atoms with Crippen LogP contribution in [0, 0.1) is 9.39 Å². The van der Waals surface area contributed by atoms with Gasteiger partial charge in [0.15, 0.2) is 0 Å². The van der Waals surface area contributed by atoms with Crippen molar-refractivity contribution in [3.63, 3.8) is 0 Å². The fraction of sp³-hybridized carbons (Fsp3) is 0.417. The molecule has 1 saturated heterocycles. The lowest BCUT2D eigenvalue weighted by molar-refractivity contribution is 0.164. The van der Waals surface area contributed by atoms with Gasteiger partial charge in [0.1, 0.15) is 5.82 Å². The van der Waals surface area contributed by atoms with E-state index in [0.29, 0.717) is 22.7 Å². The molecule has 6 heteroatoms. The summed E-state index contributed by atoms with van der Waals surface area (Å²) in [5.74, 6) is 0.172. The summed E-state index contributed by atoms with van der Waals surface area (Å²) in [5, 5.41) is 0. The molecule has 0 amide bonds. The fourth-order valence-electron chi connectivity index (χ4n) is 2.49. The van der Waals surface area contributed by atoms with E-state index in [-0.39, 0.29) is 11.4 Å². The van der Waals surface area contributed by atoms with Crippen LogP contribution in [0.1, 0.15) is 13.3 Å². The molecule has 0 spiro atoms. The number of nitrogens with two attached hydrogens (primary N) is 1. The zero-order valence-corrected chi connectivity index (χ0v) is 12.1. The molecule has 1 aromatic carbocycles. The Morgan fingerprint density at radius 1 is 1.56 bits per heavy atom. The lowest BCUT2D eigenvalue weighted by Gasteiger charge is -2.25. The molecule has 2 N–H and O–H groups in total. The van der Waals surface area contributed by atoms with Gasteiger partial charge in [0.05, 0.1) is 26.7 Å². The predicted molar refractivity (Wildman–Crippen MR) is 75.9 cm³/mol. The first-order valence-corrected chi connectivity index (χ1v) is 6.80. The Bertz CT molecular complexity index is 619. The molecule has 0 aliphatic carbocycles. The monoisotopic (exact) mass is 361 g/mol. The van der Waals surface area contributed by atoms with Crippen molar-refractivity contribution in [2.45, 2.75) is 18.9 Å². The first-order chi connectivity index (χ1) is 8.51. The molecule has 2 heterocycles. The quantitative estimate of drug-likeness (QED) is 0.795. The number of rotatable bonds is 1. The van der Waals surface area contributed by atoms with Gasteiger partial charge in [-0.2, -0.15) is 0 Å². The summed E-state index contributed by atoms with van der Waals surface area (Å²) in [5.41, 5.74) is 7.21. The van der Waals surface area contributed by atoms with Crippen molar-refractivity contribution in [2.24, 2.45) is 0 Å². The van der Waals surface area contributed by atoms with Gasteiger partial charge in [-0.25, -0.2) is 9.37 Å². The van der Waals surface area contributed by atoms with Crippen molar-refractivity contribution in [1.82, 2.24) is 9.55 Å². The Kier molecular flexibility index (Phi) is 2.74. The molecule has 3 rings (SSSR count). The van der Waals surface area contributed by atoms with Crippen LogP contribution in [0.15, 0.2) is 12.1 Å². The second kappa shape index (κ2) is 4.06. The Balaban J connectivity index is 2.28. The lowest BCUT2D eigenvalue weighted by atomic mass is 10.0. The van der Waals surface area contributed by atoms with Gasteiger partial charge in [-0.05, 0) is 42.0 Å². The SMILES string of the molecule is CC1(n2c(N)nc3cc(I)c(F)cc32)CCOC1. The number of nitrogen functional groups attached to an aromatic ring is 1. The highest BCUT2D eigenvalue weighted by molar-refractivity contribution is 14.1. The highest BCUT2D eigenvalue weighted by atomic mass is 127. The molecular weight excluding hydrogens is 348 g/mol. The first kappa shape index (κ1) is 12.2. The number of ether oxygens (including phenoxy) is 1. The van der Waals surface area contributed by atoms with Crippen molar-refractivity contribution < 1.29 is 9.13 Å². The van der Waals surface area contributed by atoms with Gasteiger partial charge in [-0.15, -0.1) is 0 Å². The molecule has 0 bridgehead atoms. The molecule has 96 valence electrons. The van der Waals surface area contributed by atoms with Gasteiger partial charge in [-0.1, -0.05) is 0 Å². The van der Waals surface area contributed by atoms with Crippen molar-refractivity contribution in [2.75, 3.05) is 18.9 Å². The lowest BCUT2D eigenvalue weighted by Crippen LogP contribution is -2.31. The number of fused-ring (bicyclic) bond motifs is 1. The van der Waals surface area contributed by atoms with Crippen LogP contribution in [-0.4, -0.2) is 22.8 Å². The number of aromatic nitrogens is 2. The molecule has 1 fully saturated rings. The van der Waals surface area contributed by atoms with Gasteiger partial charge in [0.2, 0.25) is 5.95 Å². The highest BCUT2D eigenvalue weighted by Crippen LogP contribution is 2.34. The largest absolute Gasteiger partial charge is 0.379 e. The third-order valence-electron chi connectivity index (χ3n) is 3.46. The van der Waals surface area contributed by atoms with E-state index in [4.69, 9.17) is 10.5 Å². The van der Waals surface area contributed by atoms with E-state index in [1.165, 1.54) is 6.07 Å². The average molecular weight is 361 g/mol. The van der Waals surface area contributed by atoms with E-state index in [9.17, 15) is 4.39 Å². The van der Waals surface area contributed by atoms with E-state index in [1.807, 2.05) is 27.2 Å². The number of hydrogen-bond donors (Lipinski definition) is 1. The fourth-order valence-corrected chi connectivity index (χ4v) is 2.94. The molecule has 1 atom stereocenters. The molecule has 4 nitrogen and oxygen atoms in total. The van der Waals surface area contributed by atoms with Crippen LogP contribution >= 0.6 is 22.6 Å². The van der Waals surface area contributed by atoms with Crippen LogP contribution < -0.4 is 5.73 Å². The molecule has 1 unspecified atom stereocenters. The van der Waals surface area contributed by atoms with Crippen LogP contribution in [-0.2, 0) is 10.3 Å². The van der Waals surface area contributed by atoms with E-state index < -0.39 is 0 Å². The van der Waals surface area contributed by atoms with E-state index in [1.54, 1.807) is 6.07 Å². The standard InChI is InChI=1S/C12H13FIN3O/c1-12(2-3-18-6-12)17-10-4-7(13)8(14)5-9(10)16-11(17)15/h4-5H,2-3,6H2,1H3,(H2,15,16). The molecule has 0 saturated carbocycles. The van der Waals surface area contributed by atoms with E-state index >= 15 is 0 Å². The third kappa shape index (κ3) is 1.70. The summed E-state index contributed by atoms with van der Waals surface area (Å²) in [4.78, 5) is 4.32. The van der Waals surface area contributed by atoms with Crippen molar-refractivity contribution >= 4 is 39.6 Å². The number of nitrogens with zero attached hydrogens (tertiary/aromatic N) is 2. The van der Waals surface area contributed by atoms with Crippen LogP contribution in [0.4, 0.5) is 10.3 Å². The summed E-state index contributed by atoms with van der Waals surface area (Å²) in [6.07, 6.45) is 0.857. The maximum absolute atomic E-state index is 13.7. The molecule has 1 aliphatic heterocycles. The van der Waals surface area contributed by atoms with Gasteiger partial charge in [-0.3, -0.25) is 0 Å². The first-order valence-electron chi connectivity index (χ1n) is 5.72. The zero-order chi connectivity index (χ0) is 12.9. The van der Waals surface area contributed by atoms with Gasteiger partial charge in [0.25, 0.3) is 0 Å². The Morgan fingerprint density at radius 2 is 2.33 bits per heavy atom. The maximum Gasteiger partial charge on any atom is 0.201 e. The number of anilines is 1. The molecule has 18 heavy (non-hydrogen) atoms. The minimum absolute atomic E-state index is 0.238. The molecular formula is C12H13FIN3O. The normalized spacial score (nSPS) is 23.9. The molecule has 1 aromatic heterocycles. The minimum Gasteiger partial charge on any atom is -0.379 e. The van der Waals surface area contributed by atoms with Gasteiger partial charge >= 0.3 is 0 Å². The predicted octanol–water partition coefficient (Wildman–Crippen LogP) is 2.50. The number of hydrogen-bond acceptors (Lipinski definition) is 3. The molecule has 2 aromatic rings. The van der Waals surface area contributed by atoms with Gasteiger partial charge in [0, 0.05) is 12.7 Å². The number of halogens is 2. The van der Waals surface area contributed by atoms with Crippen molar-refractivity contribution in [3.05, 3.63) is 21.5 Å². The smallest absolute Gasteiger partial charge is 0.201 e. The second-order valence-electron chi connectivity index (χ2n) is 4.86. The summed E-state index contributed by atoms with van der Waals surface area (Å²) >= 11 is 1.96. The third-order valence-corrected chi connectivity index (χ3v) is 4.29. The topological polar surface area (TPSA) is 53.1 Å². The highest BCUT2D eigenvalue weighted by Gasteiger charge is 2.34. The van der Waals surface area contributed by atoms with Crippen LogP contribution in [0.25, 0.3) is 11.0 Å². The summed E-state index contributed by atoms with van der Waals surface area (Å²) in [6.45, 7) is 3.34. The Morgan fingerprint density at radius 3 is 3.00 bits per heavy atom. The molecule has 0 radical (unpaired) electrons. The van der Waals surface area contributed by atoms with Gasteiger partial charge < -0.3 is 15.0 Å². The summed E-state index contributed by atoms with van der Waals surface area (Å²) in [7, 11) is 0. The molecule has 1 aliphatic rings. The van der Waals surface area contributed by atoms with Crippen LogP contribution in [0.5, 0.6) is 0 Å². The van der Waals surface area contributed by atoms with Crippen LogP contribution in [0.2, 0.25) is 0 Å². The minimum atomic E-state index is -0.244. The van der Waals surface area contributed by atoms with E-state index in [0.717, 1.165) is 17.5 Å². The van der Waals surface area contributed by atoms with Crippen molar-refractivity contribution in [3.8, 4) is 0 Å². The van der Waals surface area contributed by atoms with Crippen LogP contribution in [0.3, 0.4) is 0 Å². The Hall–Kier alpha value is -0.890.